The zero-order chi connectivity index (χ0) is 26.5. The Balaban J connectivity index is 1.59. The highest BCUT2D eigenvalue weighted by molar-refractivity contribution is 5.96. The number of ether oxygens (including phenoxy) is 1. The van der Waals surface area contributed by atoms with Crippen molar-refractivity contribution in [1.29, 1.82) is 0 Å². The Morgan fingerprint density at radius 1 is 1.03 bits per heavy atom. The van der Waals surface area contributed by atoms with Gasteiger partial charge in [-0.25, -0.2) is 9.18 Å². The Morgan fingerprint density at radius 3 is 2.43 bits per heavy atom. The lowest BCUT2D eigenvalue weighted by atomic mass is 9.83. The van der Waals surface area contributed by atoms with Crippen LogP contribution in [0.15, 0.2) is 59.8 Å². The normalized spacial score (nSPS) is 18.8. The molecule has 2 heterocycles. The van der Waals surface area contributed by atoms with Gasteiger partial charge in [0.25, 0.3) is 5.91 Å². The van der Waals surface area contributed by atoms with E-state index in [1.165, 1.54) is 12.1 Å². The van der Waals surface area contributed by atoms with E-state index in [2.05, 4.69) is 11.8 Å². The molecule has 196 valence electrons. The Bertz CT molecular complexity index is 1200. The summed E-state index contributed by atoms with van der Waals surface area (Å²) in [5, 5.41) is 0. The topological polar surface area (TPSA) is 70.2 Å². The van der Waals surface area contributed by atoms with E-state index in [0.717, 1.165) is 25.2 Å². The van der Waals surface area contributed by atoms with Gasteiger partial charge >= 0.3 is 5.97 Å². The molecule has 4 rings (SSSR count). The standard InChI is InChI=1S/C29H34FN3O4/c1-4-31-12-14-32(15-13-31)28(35)23-10-6-8-21(16-23)19-33-20(3)27(29(36)37-5-2)25(18-26(33)34)22-9-7-11-24(30)17-22/h6-11,16-17,25H,4-5,12-15,18-19H2,1-3H3. The van der Waals surface area contributed by atoms with Gasteiger partial charge in [0.05, 0.1) is 18.7 Å². The molecule has 2 aliphatic heterocycles. The molecule has 2 aromatic rings. The van der Waals surface area contributed by atoms with Gasteiger partial charge in [0.1, 0.15) is 5.82 Å². The number of carbonyl (C=O) groups is 3. The molecule has 0 N–H and O–H groups in total. The van der Waals surface area contributed by atoms with Crippen LogP contribution in [0.4, 0.5) is 4.39 Å². The van der Waals surface area contributed by atoms with E-state index in [-0.39, 0.29) is 31.4 Å². The summed E-state index contributed by atoms with van der Waals surface area (Å²) < 4.78 is 19.3. The maximum absolute atomic E-state index is 14.0. The van der Waals surface area contributed by atoms with E-state index in [1.807, 2.05) is 23.1 Å². The van der Waals surface area contributed by atoms with E-state index in [0.29, 0.717) is 35.5 Å². The van der Waals surface area contributed by atoms with Crippen LogP contribution in [0.1, 0.15) is 54.6 Å². The second-order valence-corrected chi connectivity index (χ2v) is 9.44. The van der Waals surface area contributed by atoms with Crippen LogP contribution in [0, 0.1) is 5.82 Å². The largest absolute Gasteiger partial charge is 0.463 e. The van der Waals surface area contributed by atoms with Crippen LogP contribution in [-0.2, 0) is 20.9 Å². The van der Waals surface area contributed by atoms with E-state index >= 15 is 0 Å². The first-order chi connectivity index (χ1) is 17.8. The predicted molar refractivity (Wildman–Crippen MR) is 138 cm³/mol. The quantitative estimate of drug-likeness (QED) is 0.531. The first-order valence-corrected chi connectivity index (χ1v) is 12.9. The fourth-order valence-electron chi connectivity index (χ4n) is 5.12. The van der Waals surface area contributed by atoms with Gasteiger partial charge in [-0.3, -0.25) is 9.59 Å². The highest BCUT2D eigenvalue weighted by atomic mass is 19.1. The Hall–Kier alpha value is -3.52. The Morgan fingerprint density at radius 2 is 1.76 bits per heavy atom. The van der Waals surface area contributed by atoms with Crippen molar-refractivity contribution in [3.63, 3.8) is 0 Å². The molecule has 8 heteroatoms. The van der Waals surface area contributed by atoms with Gasteiger partial charge in [0, 0.05) is 49.8 Å². The van der Waals surface area contributed by atoms with E-state index in [1.54, 1.807) is 36.9 Å². The van der Waals surface area contributed by atoms with Crippen molar-refractivity contribution in [3.05, 3.63) is 82.3 Å². The van der Waals surface area contributed by atoms with Crippen LogP contribution in [0.5, 0.6) is 0 Å². The molecule has 37 heavy (non-hydrogen) atoms. The van der Waals surface area contributed by atoms with Crippen molar-refractivity contribution in [1.82, 2.24) is 14.7 Å². The van der Waals surface area contributed by atoms with Gasteiger partial charge in [-0.2, -0.15) is 0 Å². The third-order valence-corrected chi connectivity index (χ3v) is 7.19. The van der Waals surface area contributed by atoms with Gasteiger partial charge in [-0.05, 0) is 55.8 Å². The molecular weight excluding hydrogens is 473 g/mol. The lowest BCUT2D eigenvalue weighted by Crippen LogP contribution is -2.48. The summed E-state index contributed by atoms with van der Waals surface area (Å²) in [5.74, 6) is -1.72. The first kappa shape index (κ1) is 26.5. The predicted octanol–water partition coefficient (Wildman–Crippen LogP) is 3.96. The van der Waals surface area contributed by atoms with Crippen molar-refractivity contribution in [2.45, 2.75) is 39.7 Å². The summed E-state index contributed by atoms with van der Waals surface area (Å²) in [5.41, 5.74) is 2.77. The average Bonchev–Trinajstić information content (AvgIpc) is 2.90. The zero-order valence-corrected chi connectivity index (χ0v) is 21.7. The van der Waals surface area contributed by atoms with Crippen LogP contribution in [0.3, 0.4) is 0 Å². The average molecular weight is 508 g/mol. The number of benzene rings is 2. The van der Waals surface area contributed by atoms with Crippen LogP contribution in [0.25, 0.3) is 0 Å². The summed E-state index contributed by atoms with van der Waals surface area (Å²) in [6, 6.07) is 13.3. The number of nitrogens with zero attached hydrogens (tertiary/aromatic N) is 3. The molecule has 0 radical (unpaired) electrons. The molecule has 0 saturated carbocycles. The second kappa shape index (κ2) is 11.7. The highest BCUT2D eigenvalue weighted by Crippen LogP contribution is 2.38. The molecule has 0 aliphatic carbocycles. The molecule has 0 spiro atoms. The minimum atomic E-state index is -0.590. The van der Waals surface area contributed by atoms with Crippen LogP contribution in [0.2, 0.25) is 0 Å². The lowest BCUT2D eigenvalue weighted by Gasteiger charge is -2.35. The number of carbonyl (C=O) groups excluding carboxylic acids is 3. The van der Waals surface area contributed by atoms with Crippen LogP contribution < -0.4 is 0 Å². The first-order valence-electron chi connectivity index (χ1n) is 12.9. The molecule has 1 saturated heterocycles. The molecule has 2 aromatic carbocycles. The van der Waals surface area contributed by atoms with Gasteiger partial charge in [-0.15, -0.1) is 0 Å². The summed E-state index contributed by atoms with van der Waals surface area (Å²) in [4.78, 5) is 45.2. The minimum Gasteiger partial charge on any atom is -0.463 e. The third-order valence-electron chi connectivity index (χ3n) is 7.19. The van der Waals surface area contributed by atoms with E-state index in [9.17, 15) is 18.8 Å². The number of rotatable bonds is 7. The van der Waals surface area contributed by atoms with Crippen LogP contribution >= 0.6 is 0 Å². The molecule has 1 unspecified atom stereocenters. The lowest BCUT2D eigenvalue weighted by molar-refractivity contribution is -0.140. The Kier molecular flexibility index (Phi) is 8.38. The molecular formula is C29H34FN3O4. The van der Waals surface area contributed by atoms with Crippen molar-refractivity contribution < 1.29 is 23.5 Å². The summed E-state index contributed by atoms with van der Waals surface area (Å²) in [7, 11) is 0. The van der Waals surface area contributed by atoms with Crippen molar-refractivity contribution >= 4 is 17.8 Å². The SMILES string of the molecule is CCOC(=O)C1=C(C)N(Cc2cccc(C(=O)N3CCN(CC)CC3)c2)C(=O)CC1c1cccc(F)c1. The summed E-state index contributed by atoms with van der Waals surface area (Å²) >= 11 is 0. The third kappa shape index (κ3) is 5.91. The van der Waals surface area contributed by atoms with Crippen molar-refractivity contribution in [3.8, 4) is 0 Å². The smallest absolute Gasteiger partial charge is 0.336 e. The van der Waals surface area contributed by atoms with Gasteiger partial charge in [0.2, 0.25) is 5.91 Å². The van der Waals surface area contributed by atoms with Gasteiger partial charge < -0.3 is 19.4 Å². The van der Waals surface area contributed by atoms with Gasteiger partial charge in [-0.1, -0.05) is 31.2 Å². The number of hydrogen-bond donors (Lipinski definition) is 0. The molecule has 7 nitrogen and oxygen atoms in total. The molecule has 0 bridgehead atoms. The Labute approximate surface area is 217 Å². The maximum Gasteiger partial charge on any atom is 0.336 e. The van der Waals surface area contributed by atoms with Gasteiger partial charge in [0.15, 0.2) is 0 Å². The minimum absolute atomic E-state index is 0.0202. The number of amides is 2. The molecule has 1 fully saturated rings. The summed E-state index contributed by atoms with van der Waals surface area (Å²) in [6.07, 6.45) is 0.0231. The zero-order valence-electron chi connectivity index (χ0n) is 21.7. The number of piperazine rings is 1. The van der Waals surface area contributed by atoms with E-state index in [4.69, 9.17) is 4.74 Å². The summed E-state index contributed by atoms with van der Waals surface area (Å²) in [6.45, 7) is 10.0. The number of halogens is 1. The van der Waals surface area contributed by atoms with Crippen molar-refractivity contribution in [2.75, 3.05) is 39.3 Å². The van der Waals surface area contributed by atoms with Crippen molar-refractivity contribution in [2.24, 2.45) is 0 Å². The fourth-order valence-corrected chi connectivity index (χ4v) is 5.12. The maximum atomic E-state index is 14.0. The molecule has 0 aromatic heterocycles. The number of likely N-dealkylation sites (N-methyl/N-ethyl adjacent to an activating group) is 1. The number of esters is 1. The monoisotopic (exact) mass is 507 g/mol. The number of allylic oxidation sites excluding steroid dienone is 1. The second-order valence-electron chi connectivity index (χ2n) is 9.44. The fraction of sp³-hybridized carbons (Fsp3) is 0.414. The molecule has 2 amide bonds. The number of hydrogen-bond acceptors (Lipinski definition) is 5. The van der Waals surface area contributed by atoms with Crippen LogP contribution in [-0.4, -0.2) is 71.8 Å². The highest BCUT2D eigenvalue weighted by Gasteiger charge is 2.37. The van der Waals surface area contributed by atoms with E-state index < -0.39 is 17.7 Å². The molecule has 1 atom stereocenters. The molecule has 2 aliphatic rings.